The van der Waals surface area contributed by atoms with Gasteiger partial charge in [0.15, 0.2) is 0 Å². The molecule has 0 aromatic heterocycles. The number of cyclic esters (lactones) is 1. The summed E-state index contributed by atoms with van der Waals surface area (Å²) in [5, 5.41) is 8.28. The lowest BCUT2D eigenvalue weighted by atomic mass is 10.2. The summed E-state index contributed by atoms with van der Waals surface area (Å²) in [7, 11) is 0. The number of carboxylic acid groups (broad SMARTS) is 1. The molecule has 55 valence electrons. The van der Waals surface area contributed by atoms with Gasteiger partial charge in [0, 0.05) is 6.42 Å². The lowest BCUT2D eigenvalue weighted by molar-refractivity contribution is -0.156. The molecule has 1 unspecified atom stereocenters. The van der Waals surface area contributed by atoms with Crippen LogP contribution in [0, 0.1) is 6.42 Å². The van der Waals surface area contributed by atoms with Gasteiger partial charge in [-0.15, -0.1) is 0 Å². The normalized spacial score (nSPS) is 31.9. The number of rotatable bonds is 1. The van der Waals surface area contributed by atoms with Crippen LogP contribution in [0.2, 0.25) is 0 Å². The Morgan fingerprint density at radius 1 is 1.80 bits per heavy atom. The fraction of sp³-hybridized carbons (Fsp3) is 0.400. The fourth-order valence-corrected chi connectivity index (χ4v) is 0.643. The lowest BCUT2D eigenvalue weighted by Crippen LogP contribution is -2.25. The van der Waals surface area contributed by atoms with Crippen molar-refractivity contribution < 1.29 is 19.4 Å². The summed E-state index contributed by atoms with van der Waals surface area (Å²) in [5.41, 5.74) is 5.11. The minimum absolute atomic E-state index is 0.688. The number of esters is 1. The van der Waals surface area contributed by atoms with Crippen molar-refractivity contribution in [1.29, 1.82) is 0 Å². The smallest absolute Gasteiger partial charge is 0.345 e. The molecule has 3 N–H and O–H groups in total. The highest BCUT2D eigenvalue weighted by molar-refractivity contribution is 5.88. The first-order valence-corrected chi connectivity index (χ1v) is 2.65. The highest BCUT2D eigenvalue weighted by Gasteiger charge is 2.36. The van der Waals surface area contributed by atoms with E-state index < -0.39 is 24.1 Å². The minimum Gasteiger partial charge on any atom is -0.478 e. The zero-order valence-electron chi connectivity index (χ0n) is 4.98. The Bertz CT molecular complexity index is 178. The van der Waals surface area contributed by atoms with Gasteiger partial charge in [-0.05, 0) is 0 Å². The Morgan fingerprint density at radius 3 is 2.60 bits per heavy atom. The van der Waals surface area contributed by atoms with Crippen molar-refractivity contribution in [3.63, 3.8) is 0 Å². The van der Waals surface area contributed by atoms with Crippen molar-refractivity contribution in [1.82, 2.24) is 0 Å². The van der Waals surface area contributed by atoms with Crippen molar-refractivity contribution >= 4 is 11.9 Å². The minimum atomic E-state index is -1.19. The molecule has 2 atom stereocenters. The van der Waals surface area contributed by atoms with Crippen LogP contribution in [0.4, 0.5) is 0 Å². The molecule has 0 aromatic rings. The van der Waals surface area contributed by atoms with Crippen LogP contribution in [0.25, 0.3) is 0 Å². The van der Waals surface area contributed by atoms with E-state index in [-0.39, 0.29) is 0 Å². The Hall–Kier alpha value is -1.10. The Morgan fingerprint density at radius 2 is 2.40 bits per heavy atom. The summed E-state index contributed by atoms with van der Waals surface area (Å²) in [6, 6.07) is -0.888. The molecule has 1 heterocycles. The standard InChI is InChI=1S/C5H6NO4/c6-2-1-3(4(7)8)10-5(2)9/h1-3H,6H2,(H,7,8)/t2-,3?/m0/s1. The van der Waals surface area contributed by atoms with Gasteiger partial charge in [-0.1, -0.05) is 0 Å². The average Bonchev–Trinajstić information content (AvgIpc) is 2.13. The predicted octanol–water partition coefficient (Wildman–Crippen LogP) is -1.47. The maximum atomic E-state index is 10.4. The number of carbonyl (C=O) groups excluding carboxylic acids is 1. The molecule has 0 bridgehead atoms. The van der Waals surface area contributed by atoms with Crippen molar-refractivity contribution in [2.75, 3.05) is 0 Å². The van der Waals surface area contributed by atoms with E-state index in [1.807, 2.05) is 0 Å². The van der Waals surface area contributed by atoms with Crippen LogP contribution in [-0.2, 0) is 14.3 Å². The van der Waals surface area contributed by atoms with E-state index in [0.717, 1.165) is 6.42 Å². The van der Waals surface area contributed by atoms with E-state index in [0.29, 0.717) is 0 Å². The van der Waals surface area contributed by atoms with Crippen molar-refractivity contribution in [2.24, 2.45) is 5.73 Å². The second-order valence-electron chi connectivity index (χ2n) is 1.91. The molecule has 0 amide bonds. The van der Waals surface area contributed by atoms with Gasteiger partial charge in [0.25, 0.3) is 0 Å². The van der Waals surface area contributed by atoms with Gasteiger partial charge in [-0.25, -0.2) is 4.79 Å². The first-order chi connectivity index (χ1) is 4.61. The van der Waals surface area contributed by atoms with E-state index in [4.69, 9.17) is 10.8 Å². The summed E-state index contributed by atoms with van der Waals surface area (Å²) in [6.07, 6.45) is -0.0208. The van der Waals surface area contributed by atoms with Crippen LogP contribution < -0.4 is 5.73 Å². The third-order valence-electron chi connectivity index (χ3n) is 1.14. The Balaban J connectivity index is 2.57. The molecule has 1 rings (SSSR count). The number of hydrogen-bond acceptors (Lipinski definition) is 4. The van der Waals surface area contributed by atoms with E-state index in [1.165, 1.54) is 0 Å². The van der Waals surface area contributed by atoms with Crippen LogP contribution in [0.15, 0.2) is 0 Å². The molecule has 0 aliphatic carbocycles. The first kappa shape index (κ1) is 7.01. The van der Waals surface area contributed by atoms with Gasteiger partial charge >= 0.3 is 11.9 Å². The molecule has 1 saturated heterocycles. The third kappa shape index (κ3) is 1.08. The molecule has 0 aromatic carbocycles. The maximum Gasteiger partial charge on any atom is 0.345 e. The fourth-order valence-electron chi connectivity index (χ4n) is 0.643. The zero-order valence-corrected chi connectivity index (χ0v) is 4.98. The van der Waals surface area contributed by atoms with Crippen LogP contribution >= 0.6 is 0 Å². The van der Waals surface area contributed by atoms with Crippen LogP contribution in [0.5, 0.6) is 0 Å². The van der Waals surface area contributed by atoms with Gasteiger partial charge in [0.2, 0.25) is 6.10 Å². The average molecular weight is 144 g/mol. The molecule has 0 spiro atoms. The lowest BCUT2D eigenvalue weighted by Gasteiger charge is -1.98. The van der Waals surface area contributed by atoms with Gasteiger partial charge in [-0.3, -0.25) is 4.79 Å². The molecule has 5 heteroatoms. The van der Waals surface area contributed by atoms with Crippen molar-refractivity contribution in [3.8, 4) is 0 Å². The number of carboxylic acids is 1. The monoisotopic (exact) mass is 144 g/mol. The van der Waals surface area contributed by atoms with E-state index >= 15 is 0 Å². The van der Waals surface area contributed by atoms with E-state index in [9.17, 15) is 9.59 Å². The zero-order chi connectivity index (χ0) is 7.72. The summed E-state index contributed by atoms with van der Waals surface area (Å²) in [6.45, 7) is 0. The van der Waals surface area contributed by atoms with Gasteiger partial charge in [0.05, 0.1) is 0 Å². The third-order valence-corrected chi connectivity index (χ3v) is 1.14. The predicted molar refractivity (Wildman–Crippen MR) is 29.8 cm³/mol. The Labute approximate surface area is 56.8 Å². The summed E-state index contributed by atoms with van der Waals surface area (Å²) < 4.78 is 4.32. The SMILES string of the molecule is N[C@H]1[CH]C(C(=O)O)OC1=O. The highest BCUT2D eigenvalue weighted by atomic mass is 16.6. The number of ether oxygens (including phenoxy) is 1. The quantitative estimate of drug-likeness (QED) is 0.438. The maximum absolute atomic E-state index is 10.4. The van der Waals surface area contributed by atoms with Gasteiger partial charge in [0.1, 0.15) is 6.04 Å². The number of hydrogen-bond donors (Lipinski definition) is 2. The first-order valence-electron chi connectivity index (χ1n) is 2.65. The molecular formula is C5H6NO4. The van der Waals surface area contributed by atoms with Crippen LogP contribution in [-0.4, -0.2) is 29.2 Å². The molecule has 5 nitrogen and oxygen atoms in total. The molecule has 1 aliphatic rings. The second kappa shape index (κ2) is 2.26. The van der Waals surface area contributed by atoms with Crippen molar-refractivity contribution in [3.05, 3.63) is 6.42 Å². The van der Waals surface area contributed by atoms with Crippen LogP contribution in [0.1, 0.15) is 0 Å². The van der Waals surface area contributed by atoms with Gasteiger partial charge < -0.3 is 15.6 Å². The number of carbonyl (C=O) groups is 2. The second-order valence-corrected chi connectivity index (χ2v) is 1.91. The van der Waals surface area contributed by atoms with Crippen LogP contribution in [0.3, 0.4) is 0 Å². The van der Waals surface area contributed by atoms with E-state index in [1.54, 1.807) is 0 Å². The topological polar surface area (TPSA) is 89.6 Å². The highest BCUT2D eigenvalue weighted by Crippen LogP contribution is 2.11. The molecule has 10 heavy (non-hydrogen) atoms. The van der Waals surface area contributed by atoms with E-state index in [2.05, 4.69) is 4.74 Å². The molecule has 1 radical (unpaired) electrons. The number of aliphatic carboxylic acids is 1. The van der Waals surface area contributed by atoms with Gasteiger partial charge in [-0.2, -0.15) is 0 Å². The molecule has 1 aliphatic heterocycles. The summed E-state index contributed by atoms with van der Waals surface area (Å²) in [5.74, 6) is -1.88. The molecule has 1 fully saturated rings. The summed E-state index contributed by atoms with van der Waals surface area (Å²) in [4.78, 5) is 20.6. The number of nitrogens with two attached hydrogens (primary N) is 1. The molecular weight excluding hydrogens is 138 g/mol. The van der Waals surface area contributed by atoms with Crippen molar-refractivity contribution in [2.45, 2.75) is 12.1 Å². The largest absolute Gasteiger partial charge is 0.478 e. The summed E-state index contributed by atoms with van der Waals surface area (Å²) >= 11 is 0. The molecule has 0 saturated carbocycles. The Kier molecular flexibility index (Phi) is 1.58.